The normalized spacial score (nSPS) is 10.6. The van der Waals surface area contributed by atoms with Crippen molar-refractivity contribution >= 4 is 5.82 Å². The molecule has 0 amide bonds. The lowest BCUT2D eigenvalue weighted by Gasteiger charge is -2.03. The quantitative estimate of drug-likeness (QED) is 0.542. The van der Waals surface area contributed by atoms with Gasteiger partial charge in [-0.05, 0) is 10.8 Å². The van der Waals surface area contributed by atoms with E-state index in [4.69, 9.17) is 4.74 Å². The molecule has 0 bridgehead atoms. The Hall–Kier alpha value is -1.59. The Labute approximate surface area is 81.7 Å². The molecule has 0 aliphatic carbocycles. The first kappa shape index (κ1) is 10.5. The zero-order valence-electron chi connectivity index (χ0n) is 8.43. The van der Waals surface area contributed by atoms with Gasteiger partial charge in [0.25, 0.3) is 0 Å². The summed E-state index contributed by atoms with van der Waals surface area (Å²) in [6.45, 7) is 4.50. The molecule has 0 aliphatic rings. The van der Waals surface area contributed by atoms with E-state index in [1.165, 1.54) is 10.8 Å². The summed E-state index contributed by atoms with van der Waals surface area (Å²) >= 11 is 0. The van der Waals surface area contributed by atoms with Crippen molar-refractivity contribution in [3.05, 3.63) is 16.3 Å². The van der Waals surface area contributed by atoms with Crippen molar-refractivity contribution in [3.8, 4) is 6.01 Å². The first-order valence-electron chi connectivity index (χ1n) is 4.31. The van der Waals surface area contributed by atoms with Gasteiger partial charge in [0.2, 0.25) is 0 Å². The van der Waals surface area contributed by atoms with Crippen LogP contribution < -0.4 is 4.74 Å². The number of hydrogen-bond acceptors (Lipinski definition) is 4. The van der Waals surface area contributed by atoms with Gasteiger partial charge in [-0.3, -0.25) is 4.57 Å². The molecule has 0 spiro atoms. The third kappa shape index (κ3) is 2.45. The summed E-state index contributed by atoms with van der Waals surface area (Å²) in [5.41, 5.74) is 0. The topological polar surface area (TPSA) is 70.2 Å². The molecule has 0 unspecified atom stereocenters. The summed E-state index contributed by atoms with van der Waals surface area (Å²) in [5, 5.41) is 10.4. The molecule has 6 nitrogen and oxygen atoms in total. The van der Waals surface area contributed by atoms with Crippen LogP contribution >= 0.6 is 0 Å². The standard InChI is InChI=1S/C8H13N3O3/c1-6(2)5-14-8-9-7(11(12)13)4-10(8)3/h4,6H,5H2,1-3H3. The lowest BCUT2D eigenvalue weighted by molar-refractivity contribution is -0.389. The second kappa shape index (κ2) is 4.08. The Morgan fingerprint density at radius 3 is 2.79 bits per heavy atom. The minimum atomic E-state index is -0.539. The van der Waals surface area contributed by atoms with E-state index in [0.717, 1.165) is 0 Å². The van der Waals surface area contributed by atoms with E-state index >= 15 is 0 Å². The summed E-state index contributed by atoms with van der Waals surface area (Å²) in [6.07, 6.45) is 1.33. The molecule has 1 aromatic heterocycles. The van der Waals surface area contributed by atoms with Gasteiger partial charge in [0, 0.05) is 12.0 Å². The monoisotopic (exact) mass is 199 g/mol. The summed E-state index contributed by atoms with van der Waals surface area (Å²) in [5.74, 6) is 0.178. The van der Waals surface area contributed by atoms with E-state index < -0.39 is 4.92 Å². The van der Waals surface area contributed by atoms with E-state index in [-0.39, 0.29) is 11.8 Å². The molecule has 0 atom stereocenters. The van der Waals surface area contributed by atoms with Gasteiger partial charge >= 0.3 is 11.8 Å². The maximum atomic E-state index is 10.4. The number of aryl methyl sites for hydroxylation is 1. The lowest BCUT2D eigenvalue weighted by atomic mass is 10.2. The molecule has 0 radical (unpaired) electrons. The van der Waals surface area contributed by atoms with E-state index in [9.17, 15) is 10.1 Å². The van der Waals surface area contributed by atoms with Crippen molar-refractivity contribution in [3.63, 3.8) is 0 Å². The fraction of sp³-hybridized carbons (Fsp3) is 0.625. The summed E-state index contributed by atoms with van der Waals surface area (Å²) in [4.78, 5) is 13.6. The van der Waals surface area contributed by atoms with Crippen molar-refractivity contribution in [2.75, 3.05) is 6.61 Å². The van der Waals surface area contributed by atoms with Gasteiger partial charge in [-0.1, -0.05) is 13.8 Å². The van der Waals surface area contributed by atoms with Gasteiger partial charge in [0.05, 0.1) is 6.61 Å². The van der Waals surface area contributed by atoms with E-state index in [1.54, 1.807) is 7.05 Å². The number of rotatable bonds is 4. The van der Waals surface area contributed by atoms with E-state index in [1.807, 2.05) is 13.8 Å². The highest BCUT2D eigenvalue weighted by Gasteiger charge is 2.17. The maximum Gasteiger partial charge on any atom is 0.413 e. The SMILES string of the molecule is CC(C)COc1nc([N+](=O)[O-])cn1C. The number of nitro groups is 1. The minimum absolute atomic E-state index is 0.189. The van der Waals surface area contributed by atoms with Crippen LogP contribution in [0, 0.1) is 16.0 Å². The van der Waals surface area contributed by atoms with Gasteiger partial charge < -0.3 is 14.9 Å². The molecule has 14 heavy (non-hydrogen) atoms. The third-order valence-corrected chi connectivity index (χ3v) is 1.55. The van der Waals surface area contributed by atoms with Gasteiger partial charge in [-0.25, -0.2) is 0 Å². The van der Waals surface area contributed by atoms with Gasteiger partial charge in [0.1, 0.15) is 6.20 Å². The number of imidazole rings is 1. The molecule has 0 saturated carbocycles. The first-order chi connectivity index (χ1) is 6.50. The van der Waals surface area contributed by atoms with Crippen molar-refractivity contribution in [1.82, 2.24) is 9.55 Å². The number of aromatic nitrogens is 2. The highest BCUT2D eigenvalue weighted by molar-refractivity contribution is 5.19. The zero-order valence-corrected chi connectivity index (χ0v) is 8.43. The van der Waals surface area contributed by atoms with Crippen LogP contribution in [0.25, 0.3) is 0 Å². The van der Waals surface area contributed by atoms with Crippen molar-refractivity contribution < 1.29 is 9.66 Å². The largest absolute Gasteiger partial charge is 0.446 e. The zero-order chi connectivity index (χ0) is 10.7. The fourth-order valence-electron chi connectivity index (χ4n) is 0.897. The molecule has 1 heterocycles. The fourth-order valence-corrected chi connectivity index (χ4v) is 0.897. The molecule has 1 aromatic rings. The van der Waals surface area contributed by atoms with Crippen LogP contribution in [0.5, 0.6) is 6.01 Å². The molecule has 0 fully saturated rings. The smallest absolute Gasteiger partial charge is 0.413 e. The summed E-state index contributed by atoms with van der Waals surface area (Å²) in [7, 11) is 1.66. The number of nitrogens with zero attached hydrogens (tertiary/aromatic N) is 3. The molecular weight excluding hydrogens is 186 g/mol. The summed E-state index contributed by atoms with van der Waals surface area (Å²) < 4.78 is 6.78. The average Bonchev–Trinajstić information content (AvgIpc) is 2.43. The Bertz CT molecular complexity index is 333. The van der Waals surface area contributed by atoms with Gasteiger partial charge in [-0.2, -0.15) is 0 Å². The van der Waals surface area contributed by atoms with Crippen molar-refractivity contribution in [1.29, 1.82) is 0 Å². The molecule has 0 N–H and O–H groups in total. The van der Waals surface area contributed by atoms with E-state index in [2.05, 4.69) is 4.98 Å². The van der Waals surface area contributed by atoms with Crippen LogP contribution in [0.1, 0.15) is 13.8 Å². The molecule has 1 rings (SSSR count). The molecular formula is C8H13N3O3. The van der Waals surface area contributed by atoms with Gasteiger partial charge in [0.15, 0.2) is 0 Å². The van der Waals surface area contributed by atoms with Crippen LogP contribution in [-0.4, -0.2) is 21.1 Å². The highest BCUT2D eigenvalue weighted by atomic mass is 16.6. The average molecular weight is 199 g/mol. The van der Waals surface area contributed by atoms with Crippen molar-refractivity contribution in [2.45, 2.75) is 13.8 Å². The van der Waals surface area contributed by atoms with Gasteiger partial charge in [-0.15, -0.1) is 0 Å². The number of ether oxygens (including phenoxy) is 1. The van der Waals surface area contributed by atoms with Crippen LogP contribution in [0.15, 0.2) is 6.20 Å². The minimum Gasteiger partial charge on any atom is -0.446 e. The molecule has 0 aromatic carbocycles. The third-order valence-electron chi connectivity index (χ3n) is 1.55. The van der Waals surface area contributed by atoms with Crippen LogP contribution in [0.4, 0.5) is 5.82 Å². The summed E-state index contributed by atoms with van der Waals surface area (Å²) in [6, 6.07) is 0.283. The Balaban J connectivity index is 2.72. The first-order valence-corrected chi connectivity index (χ1v) is 4.31. The van der Waals surface area contributed by atoms with E-state index in [0.29, 0.717) is 12.5 Å². The van der Waals surface area contributed by atoms with Crippen LogP contribution in [-0.2, 0) is 7.05 Å². The number of hydrogen-bond donors (Lipinski definition) is 0. The predicted molar refractivity (Wildman–Crippen MR) is 50.2 cm³/mol. The van der Waals surface area contributed by atoms with Crippen LogP contribution in [0.2, 0.25) is 0 Å². The highest BCUT2D eigenvalue weighted by Crippen LogP contribution is 2.15. The van der Waals surface area contributed by atoms with Crippen molar-refractivity contribution in [2.24, 2.45) is 13.0 Å². The lowest BCUT2D eigenvalue weighted by Crippen LogP contribution is -2.07. The molecule has 6 heteroatoms. The maximum absolute atomic E-state index is 10.4. The Kier molecular flexibility index (Phi) is 3.06. The second-order valence-corrected chi connectivity index (χ2v) is 3.45. The Morgan fingerprint density at radius 1 is 1.71 bits per heavy atom. The molecule has 78 valence electrons. The molecule has 0 aliphatic heterocycles. The predicted octanol–water partition coefficient (Wildman–Crippen LogP) is 1.36. The second-order valence-electron chi connectivity index (χ2n) is 3.45. The van der Waals surface area contributed by atoms with Crippen LogP contribution in [0.3, 0.4) is 0 Å². The Morgan fingerprint density at radius 2 is 2.36 bits per heavy atom. The molecule has 0 saturated heterocycles.